The number of aliphatic hydroxyl groups excluding tert-OH is 1. The van der Waals surface area contributed by atoms with Crippen molar-refractivity contribution in [3.05, 3.63) is 119 Å². The van der Waals surface area contributed by atoms with Crippen LogP contribution in [0.15, 0.2) is 101 Å². The zero-order valence-corrected chi connectivity index (χ0v) is 22.0. The summed E-state index contributed by atoms with van der Waals surface area (Å²) >= 11 is 0. The van der Waals surface area contributed by atoms with Crippen LogP contribution >= 0.6 is 0 Å². The van der Waals surface area contributed by atoms with E-state index < -0.39 is 17.7 Å². The standard InChI is InChI=1S/C32H29NO6/c1-20(2)39-25-14-12-24(13-15-25)33-29(27-10-7-17-37-27)28(31(35)32(33)36)30(34)23-11-16-26(21(3)18-23)38-19-22-8-5-4-6-9-22/h4-18,20,29,34H,19H2,1-3H3/b30-28-. The Hall–Kier alpha value is -4.78. The summed E-state index contributed by atoms with van der Waals surface area (Å²) in [6, 6.07) is 24.3. The molecule has 1 atom stereocenters. The first-order valence-electron chi connectivity index (χ1n) is 12.7. The van der Waals surface area contributed by atoms with Crippen molar-refractivity contribution in [3.8, 4) is 11.5 Å². The molecule has 3 aromatic carbocycles. The molecular weight excluding hydrogens is 494 g/mol. The second-order valence-electron chi connectivity index (χ2n) is 9.60. The molecule has 1 N–H and O–H groups in total. The fourth-order valence-electron chi connectivity index (χ4n) is 4.62. The molecule has 1 unspecified atom stereocenters. The molecule has 1 aliphatic rings. The van der Waals surface area contributed by atoms with Gasteiger partial charge < -0.3 is 19.0 Å². The molecule has 39 heavy (non-hydrogen) atoms. The number of nitrogens with zero attached hydrogens (tertiary/aromatic N) is 1. The van der Waals surface area contributed by atoms with Gasteiger partial charge in [-0.05, 0) is 86.5 Å². The van der Waals surface area contributed by atoms with E-state index in [-0.39, 0.29) is 17.4 Å². The van der Waals surface area contributed by atoms with Crippen molar-refractivity contribution in [1.29, 1.82) is 0 Å². The number of ketones is 1. The van der Waals surface area contributed by atoms with Gasteiger partial charge in [0.1, 0.15) is 35.7 Å². The van der Waals surface area contributed by atoms with Crippen LogP contribution in [0, 0.1) is 6.92 Å². The Kier molecular flexibility index (Phi) is 7.23. The van der Waals surface area contributed by atoms with Gasteiger partial charge in [0.15, 0.2) is 0 Å². The molecule has 2 heterocycles. The second-order valence-corrected chi connectivity index (χ2v) is 9.60. The Morgan fingerprint density at radius 1 is 0.974 bits per heavy atom. The highest BCUT2D eigenvalue weighted by Crippen LogP contribution is 2.43. The first kappa shape index (κ1) is 25.9. The fourth-order valence-corrected chi connectivity index (χ4v) is 4.62. The lowest BCUT2D eigenvalue weighted by atomic mass is 9.98. The van der Waals surface area contributed by atoms with Gasteiger partial charge in [0.25, 0.3) is 11.7 Å². The van der Waals surface area contributed by atoms with Crippen LogP contribution in [0.3, 0.4) is 0 Å². The van der Waals surface area contributed by atoms with Crippen molar-refractivity contribution in [3.63, 3.8) is 0 Å². The Balaban J connectivity index is 1.49. The van der Waals surface area contributed by atoms with E-state index in [1.54, 1.807) is 54.6 Å². The number of hydrogen-bond donors (Lipinski definition) is 1. The Labute approximate surface area is 226 Å². The third kappa shape index (κ3) is 5.29. The molecule has 0 radical (unpaired) electrons. The Morgan fingerprint density at radius 2 is 1.72 bits per heavy atom. The third-order valence-electron chi connectivity index (χ3n) is 6.43. The van der Waals surface area contributed by atoms with Crippen molar-refractivity contribution in [2.75, 3.05) is 4.90 Å². The largest absolute Gasteiger partial charge is 0.507 e. The first-order valence-corrected chi connectivity index (χ1v) is 12.7. The van der Waals surface area contributed by atoms with Crippen LogP contribution in [0.1, 0.15) is 42.3 Å². The van der Waals surface area contributed by atoms with Gasteiger partial charge in [-0.1, -0.05) is 30.3 Å². The monoisotopic (exact) mass is 523 g/mol. The number of rotatable bonds is 8. The van der Waals surface area contributed by atoms with Crippen molar-refractivity contribution in [1.82, 2.24) is 0 Å². The minimum Gasteiger partial charge on any atom is -0.507 e. The van der Waals surface area contributed by atoms with Crippen LogP contribution in [-0.4, -0.2) is 22.9 Å². The normalized spacial score (nSPS) is 16.6. The van der Waals surface area contributed by atoms with Gasteiger partial charge in [0, 0.05) is 11.3 Å². The quantitative estimate of drug-likeness (QED) is 0.159. The molecule has 0 saturated carbocycles. The number of carbonyl (C=O) groups excluding carboxylic acids is 2. The predicted molar refractivity (Wildman–Crippen MR) is 148 cm³/mol. The number of carbonyl (C=O) groups is 2. The average Bonchev–Trinajstić information content (AvgIpc) is 3.55. The number of aryl methyl sites for hydroxylation is 1. The maximum atomic E-state index is 13.3. The minimum absolute atomic E-state index is 0.00761. The molecular formula is C32H29NO6. The van der Waals surface area contributed by atoms with E-state index in [9.17, 15) is 14.7 Å². The van der Waals surface area contributed by atoms with E-state index in [0.717, 1.165) is 11.1 Å². The molecule has 1 aliphatic heterocycles. The smallest absolute Gasteiger partial charge is 0.300 e. The number of amides is 1. The highest BCUT2D eigenvalue weighted by Gasteiger charge is 2.48. The summed E-state index contributed by atoms with van der Waals surface area (Å²) in [7, 11) is 0. The number of benzene rings is 3. The SMILES string of the molecule is Cc1cc(/C(O)=C2/C(=O)C(=O)N(c3ccc(OC(C)C)cc3)C2c2ccco2)ccc1OCc1ccccc1. The Morgan fingerprint density at radius 3 is 2.36 bits per heavy atom. The third-order valence-corrected chi connectivity index (χ3v) is 6.43. The molecule has 1 aromatic heterocycles. The van der Waals surface area contributed by atoms with Gasteiger partial charge in [0.05, 0.1) is 17.9 Å². The zero-order chi connectivity index (χ0) is 27.5. The lowest BCUT2D eigenvalue weighted by Crippen LogP contribution is -2.29. The van der Waals surface area contributed by atoms with Gasteiger partial charge in [-0.25, -0.2) is 0 Å². The number of Topliss-reactive ketones (excluding diaryl/α,β-unsaturated/α-hetero) is 1. The van der Waals surface area contributed by atoms with Crippen LogP contribution < -0.4 is 14.4 Å². The highest BCUT2D eigenvalue weighted by atomic mass is 16.5. The van der Waals surface area contributed by atoms with Crippen molar-refractivity contribution in [2.45, 2.75) is 39.5 Å². The lowest BCUT2D eigenvalue weighted by Gasteiger charge is -2.23. The number of anilines is 1. The topological polar surface area (TPSA) is 89.2 Å². The molecule has 198 valence electrons. The summed E-state index contributed by atoms with van der Waals surface area (Å²) in [5.74, 6) is -0.173. The van der Waals surface area contributed by atoms with Crippen molar-refractivity contribution in [2.24, 2.45) is 0 Å². The summed E-state index contributed by atoms with van der Waals surface area (Å²) in [4.78, 5) is 28.0. The van der Waals surface area contributed by atoms with E-state index in [2.05, 4.69) is 0 Å². The predicted octanol–water partition coefficient (Wildman–Crippen LogP) is 6.58. The lowest BCUT2D eigenvalue weighted by molar-refractivity contribution is -0.132. The van der Waals surface area contributed by atoms with Gasteiger partial charge in [-0.3, -0.25) is 14.5 Å². The van der Waals surface area contributed by atoms with Gasteiger partial charge in [-0.2, -0.15) is 0 Å². The van der Waals surface area contributed by atoms with Crippen LogP contribution in [0.5, 0.6) is 11.5 Å². The average molecular weight is 524 g/mol. The molecule has 1 amide bonds. The molecule has 7 nitrogen and oxygen atoms in total. The second kappa shape index (κ2) is 10.9. The van der Waals surface area contributed by atoms with Crippen LogP contribution in [-0.2, 0) is 16.2 Å². The minimum atomic E-state index is -0.939. The fraction of sp³-hybridized carbons (Fsp3) is 0.188. The van der Waals surface area contributed by atoms with Crippen LogP contribution in [0.2, 0.25) is 0 Å². The van der Waals surface area contributed by atoms with E-state index in [0.29, 0.717) is 35.1 Å². The number of hydrogen-bond acceptors (Lipinski definition) is 6. The molecule has 1 fully saturated rings. The Bertz CT molecular complexity index is 1500. The summed E-state index contributed by atoms with van der Waals surface area (Å²) in [6.45, 7) is 6.11. The van der Waals surface area contributed by atoms with Crippen LogP contribution in [0.25, 0.3) is 5.76 Å². The molecule has 0 spiro atoms. The maximum Gasteiger partial charge on any atom is 0.300 e. The molecule has 1 saturated heterocycles. The van der Waals surface area contributed by atoms with Crippen molar-refractivity contribution < 1.29 is 28.6 Å². The summed E-state index contributed by atoms with van der Waals surface area (Å²) < 4.78 is 17.3. The molecule has 0 aliphatic carbocycles. The van der Waals surface area contributed by atoms with Crippen LogP contribution in [0.4, 0.5) is 5.69 Å². The van der Waals surface area contributed by atoms with Crippen molar-refractivity contribution >= 4 is 23.1 Å². The highest BCUT2D eigenvalue weighted by molar-refractivity contribution is 6.51. The molecule has 5 rings (SSSR count). The van der Waals surface area contributed by atoms with E-state index in [1.807, 2.05) is 51.1 Å². The maximum absolute atomic E-state index is 13.3. The van der Waals surface area contributed by atoms with E-state index in [4.69, 9.17) is 13.9 Å². The molecule has 0 bridgehead atoms. The molecule has 4 aromatic rings. The first-order chi connectivity index (χ1) is 18.8. The zero-order valence-electron chi connectivity index (χ0n) is 22.0. The van der Waals surface area contributed by atoms with E-state index >= 15 is 0 Å². The van der Waals surface area contributed by atoms with Gasteiger partial charge in [-0.15, -0.1) is 0 Å². The van der Waals surface area contributed by atoms with Gasteiger partial charge in [0.2, 0.25) is 0 Å². The van der Waals surface area contributed by atoms with E-state index in [1.165, 1.54) is 11.2 Å². The summed E-state index contributed by atoms with van der Waals surface area (Å²) in [6.07, 6.45) is 1.46. The summed E-state index contributed by atoms with van der Waals surface area (Å²) in [5.41, 5.74) is 2.64. The number of ether oxygens (including phenoxy) is 2. The summed E-state index contributed by atoms with van der Waals surface area (Å²) in [5, 5.41) is 11.4. The number of furan rings is 1. The van der Waals surface area contributed by atoms with Gasteiger partial charge >= 0.3 is 0 Å². The molecule has 7 heteroatoms. The number of aliphatic hydroxyl groups is 1.